The Morgan fingerprint density at radius 1 is 1.14 bits per heavy atom. The molecule has 0 fully saturated rings. The van der Waals surface area contributed by atoms with Crippen LogP contribution in [0.5, 0.6) is 5.75 Å². The molecule has 0 aliphatic rings. The summed E-state index contributed by atoms with van der Waals surface area (Å²) in [5, 5.41) is 0.501. The zero-order valence-electron chi connectivity index (χ0n) is 12.2. The van der Waals surface area contributed by atoms with Crippen molar-refractivity contribution in [2.45, 2.75) is 13.8 Å². The molecule has 0 spiro atoms. The van der Waals surface area contributed by atoms with E-state index in [2.05, 4.69) is 0 Å². The molecule has 0 unspecified atom stereocenters. The zero-order valence-corrected chi connectivity index (χ0v) is 18.1. The second kappa shape index (κ2) is 8.92. The van der Waals surface area contributed by atoms with Crippen molar-refractivity contribution in [1.29, 1.82) is 0 Å². The van der Waals surface area contributed by atoms with E-state index in [1.54, 1.807) is 34.0 Å². The van der Waals surface area contributed by atoms with Crippen LogP contribution >= 0.6 is 11.6 Å². The van der Waals surface area contributed by atoms with E-state index in [4.69, 9.17) is 16.3 Å². The summed E-state index contributed by atoms with van der Waals surface area (Å²) in [4.78, 5) is 13.4. The minimum atomic E-state index is -0.157. The van der Waals surface area contributed by atoms with E-state index in [9.17, 15) is 4.79 Å². The van der Waals surface area contributed by atoms with E-state index < -0.39 is 0 Å². The summed E-state index contributed by atoms with van der Waals surface area (Å²) in [5.74, 6) is 0.523. The molecule has 0 heterocycles. The summed E-state index contributed by atoms with van der Waals surface area (Å²) in [6.07, 6.45) is 0. The van der Waals surface area contributed by atoms with Gasteiger partial charge in [-0.3, -0.25) is 0 Å². The quantitative estimate of drug-likeness (QED) is 0.554. The Balaban J connectivity index is 0.00000242. The molecule has 2 aromatic carbocycles. The molecule has 0 saturated carbocycles. The van der Waals surface area contributed by atoms with Crippen molar-refractivity contribution in [2.75, 3.05) is 4.90 Å². The predicted octanol–water partition coefficient (Wildman–Crippen LogP) is 2.42. The number of ether oxygens (including phenoxy) is 1. The van der Waals surface area contributed by atoms with Gasteiger partial charge < -0.3 is 0 Å². The van der Waals surface area contributed by atoms with Crippen LogP contribution in [-0.4, -0.2) is 55.3 Å². The number of para-hydroxylation sites is 1. The molecule has 0 N–H and O–H groups in total. The molecule has 0 radical (unpaired) electrons. The Kier molecular flexibility index (Phi) is 7.90. The fraction of sp³-hybridized carbons (Fsp3) is 0.125. The Labute approximate surface area is 164 Å². The van der Waals surface area contributed by atoms with Gasteiger partial charge in [0.15, 0.2) is 0 Å². The number of aryl methyl sites for hydroxylation is 1. The van der Waals surface area contributed by atoms with Gasteiger partial charge in [0.1, 0.15) is 0 Å². The van der Waals surface area contributed by atoms with Gasteiger partial charge in [0.05, 0.1) is 0 Å². The molecule has 2 aromatic rings. The minimum absolute atomic E-state index is 0. The van der Waals surface area contributed by atoms with Crippen molar-refractivity contribution in [1.82, 2.24) is 0 Å². The standard InChI is InChI=1S/C16H14ClNO2Te.H2Te/c1-11-7-9-13(10-8-11)20-16(21)18(12(2)19)15-6-4-3-5-14(15)17;/h3-10H,1-2H3;1H2. The molecular weight excluding hydrogens is 529 g/mol. The Morgan fingerprint density at radius 2 is 1.73 bits per heavy atom. The summed E-state index contributed by atoms with van der Waals surface area (Å²) >= 11 is 7.83. The predicted molar refractivity (Wildman–Crippen MR) is 95.7 cm³/mol. The average Bonchev–Trinajstić information content (AvgIpc) is 2.43. The second-order valence-electron chi connectivity index (χ2n) is 4.49. The number of benzene rings is 2. The molecule has 0 aromatic heterocycles. The molecule has 22 heavy (non-hydrogen) atoms. The van der Waals surface area contributed by atoms with Gasteiger partial charge in [-0.15, -0.1) is 0 Å². The first-order valence-electron chi connectivity index (χ1n) is 6.33. The van der Waals surface area contributed by atoms with Crippen LogP contribution in [0.2, 0.25) is 5.02 Å². The molecule has 0 saturated heterocycles. The number of amides is 1. The third-order valence-corrected chi connectivity index (χ3v) is 3.90. The van der Waals surface area contributed by atoms with Crippen LogP contribution in [0.15, 0.2) is 48.5 Å². The van der Waals surface area contributed by atoms with E-state index in [0.29, 0.717) is 20.3 Å². The summed E-state index contributed by atoms with van der Waals surface area (Å²) in [6.45, 7) is 3.49. The van der Waals surface area contributed by atoms with E-state index in [-0.39, 0.29) is 29.6 Å². The van der Waals surface area contributed by atoms with Gasteiger partial charge >= 0.3 is 166 Å². The number of carbonyl (C=O) groups excluding carboxylic acids is 1. The van der Waals surface area contributed by atoms with Crippen LogP contribution in [0.3, 0.4) is 0 Å². The second-order valence-corrected chi connectivity index (χ2v) is 5.89. The van der Waals surface area contributed by atoms with Crippen LogP contribution in [0.1, 0.15) is 12.5 Å². The van der Waals surface area contributed by atoms with Crippen molar-refractivity contribution in [2.24, 2.45) is 0 Å². The molecule has 0 aliphatic heterocycles. The molecule has 0 atom stereocenters. The van der Waals surface area contributed by atoms with Gasteiger partial charge in [-0.05, 0) is 0 Å². The van der Waals surface area contributed by atoms with Gasteiger partial charge in [0, 0.05) is 0 Å². The monoisotopic (exact) mass is 549 g/mol. The Bertz CT molecular complexity index is 674. The molecule has 0 bridgehead atoms. The fourth-order valence-electron chi connectivity index (χ4n) is 1.78. The van der Waals surface area contributed by atoms with Crippen LogP contribution < -0.4 is 9.64 Å². The number of rotatable bonds is 4. The maximum absolute atomic E-state index is 12.0. The van der Waals surface area contributed by atoms with Crippen LogP contribution in [0.25, 0.3) is 0 Å². The van der Waals surface area contributed by atoms with E-state index in [1.807, 2.05) is 43.3 Å². The number of halogens is 1. The van der Waals surface area contributed by atoms with Crippen molar-refractivity contribution < 1.29 is 9.53 Å². The summed E-state index contributed by atoms with van der Waals surface area (Å²) < 4.78 is 6.24. The topological polar surface area (TPSA) is 29.5 Å². The SMILES string of the molecule is CC(=O)N(C(=[Te])Oc1ccc(C)cc1)c1ccccc1Cl.[TeH2]. The molecule has 0 aliphatic carbocycles. The van der Waals surface area contributed by atoms with Gasteiger partial charge in [-0.2, -0.15) is 0 Å². The first kappa shape index (κ1) is 19.5. The van der Waals surface area contributed by atoms with Crippen molar-refractivity contribution >= 4 is 72.5 Å². The Hall–Kier alpha value is -0.551. The fourth-order valence-corrected chi connectivity index (χ4v) is 2.92. The van der Waals surface area contributed by atoms with E-state index in [1.165, 1.54) is 11.8 Å². The molecule has 3 nitrogen and oxygen atoms in total. The summed E-state index contributed by atoms with van der Waals surface area (Å²) in [7, 11) is 0. The maximum atomic E-state index is 12.0. The molecule has 2 rings (SSSR count). The van der Waals surface area contributed by atoms with Crippen LogP contribution in [-0.2, 0) is 4.79 Å². The van der Waals surface area contributed by atoms with Gasteiger partial charge in [0.2, 0.25) is 0 Å². The Morgan fingerprint density at radius 3 is 2.27 bits per heavy atom. The molecular formula is C16H16ClNO2Te2. The summed E-state index contributed by atoms with van der Waals surface area (Å²) in [5.41, 5.74) is 1.76. The van der Waals surface area contributed by atoms with Gasteiger partial charge in [-0.25, -0.2) is 0 Å². The summed E-state index contributed by atoms with van der Waals surface area (Å²) in [6, 6.07) is 14.8. The van der Waals surface area contributed by atoms with Gasteiger partial charge in [0.25, 0.3) is 0 Å². The number of hydrogen-bond donors (Lipinski definition) is 0. The van der Waals surface area contributed by atoms with E-state index in [0.717, 1.165) is 5.56 Å². The number of carbonyl (C=O) groups is 1. The molecule has 6 heteroatoms. The average molecular weight is 545 g/mol. The molecule has 116 valence electrons. The van der Waals surface area contributed by atoms with E-state index >= 15 is 0 Å². The third kappa shape index (κ3) is 4.98. The van der Waals surface area contributed by atoms with Crippen molar-refractivity contribution in [3.63, 3.8) is 0 Å². The van der Waals surface area contributed by atoms with Crippen molar-refractivity contribution in [3.05, 3.63) is 59.1 Å². The first-order chi connectivity index (χ1) is 9.99. The number of hydrogen-bond acceptors (Lipinski definition) is 2. The number of anilines is 1. The first-order valence-corrected chi connectivity index (χ1v) is 7.87. The van der Waals surface area contributed by atoms with Crippen molar-refractivity contribution in [3.8, 4) is 5.75 Å². The normalized spacial score (nSPS) is 9.59. The van der Waals surface area contributed by atoms with Crippen LogP contribution in [0, 0.1) is 6.92 Å². The molecule has 1 amide bonds. The third-order valence-electron chi connectivity index (χ3n) is 2.82. The zero-order chi connectivity index (χ0) is 15.4. The number of nitrogens with zero attached hydrogens (tertiary/aromatic N) is 1. The van der Waals surface area contributed by atoms with Gasteiger partial charge in [-0.1, -0.05) is 0 Å². The van der Waals surface area contributed by atoms with Crippen LogP contribution in [0.4, 0.5) is 5.69 Å².